The molecule has 8 heteroatoms. The second kappa shape index (κ2) is 7.13. The number of hydrogen-bond donors (Lipinski definition) is 0. The average Bonchev–Trinajstić information content (AvgIpc) is 2.69. The Morgan fingerprint density at radius 2 is 1.68 bits per heavy atom. The molecule has 1 atom stereocenters. The lowest BCUT2D eigenvalue weighted by Gasteiger charge is -2.41. The first kappa shape index (κ1) is 17.8. The van der Waals surface area contributed by atoms with Gasteiger partial charge in [-0.1, -0.05) is 78.3 Å². The Morgan fingerprint density at radius 3 is 2.16 bits per heavy atom. The molecule has 0 spiro atoms. The van der Waals surface area contributed by atoms with Crippen molar-refractivity contribution in [1.82, 2.24) is 9.91 Å². The zero-order valence-corrected chi connectivity index (χ0v) is 14.7. The summed E-state index contributed by atoms with van der Waals surface area (Å²) in [7, 11) is 0. The van der Waals surface area contributed by atoms with E-state index in [1.165, 1.54) is 0 Å². The summed E-state index contributed by atoms with van der Waals surface area (Å²) < 4.78 is -3.37. The predicted octanol–water partition coefficient (Wildman–Crippen LogP) is 4.63. The molecule has 0 aromatic heterocycles. The van der Waals surface area contributed by atoms with Crippen molar-refractivity contribution >= 4 is 64.3 Å². The number of alkyl halides is 5. The molecule has 3 nitrogen and oxygen atoms in total. The summed E-state index contributed by atoms with van der Waals surface area (Å²) in [6, 6.07) is 0. The highest BCUT2D eigenvalue weighted by atomic mass is 35.6. The minimum absolute atomic E-state index is 0.477. The number of halogens is 5. The van der Waals surface area contributed by atoms with Crippen molar-refractivity contribution in [3.05, 3.63) is 0 Å². The number of hydrazone groups is 1. The lowest BCUT2D eigenvalue weighted by Crippen LogP contribution is -2.57. The van der Waals surface area contributed by atoms with Crippen LogP contribution in [0.25, 0.3) is 0 Å². The van der Waals surface area contributed by atoms with E-state index < -0.39 is 14.3 Å². The second-order valence-corrected chi connectivity index (χ2v) is 8.15. The van der Waals surface area contributed by atoms with Crippen LogP contribution >= 0.6 is 58.0 Å². The first-order valence-electron chi connectivity index (χ1n) is 6.26. The van der Waals surface area contributed by atoms with Gasteiger partial charge in [-0.15, -0.1) is 0 Å². The van der Waals surface area contributed by atoms with Crippen LogP contribution in [0.15, 0.2) is 5.10 Å². The third kappa shape index (κ3) is 4.10. The topological polar surface area (TPSA) is 18.8 Å². The molecule has 0 fully saturated rings. The lowest BCUT2D eigenvalue weighted by molar-refractivity contribution is 0.114. The first-order valence-corrected chi connectivity index (χ1v) is 8.15. The smallest absolute Gasteiger partial charge is 0.227 e. The van der Waals surface area contributed by atoms with Gasteiger partial charge in [0.2, 0.25) is 8.13 Å². The van der Waals surface area contributed by atoms with Gasteiger partial charge in [0.15, 0.2) is 6.17 Å². The van der Waals surface area contributed by atoms with E-state index in [4.69, 9.17) is 58.0 Å². The maximum absolute atomic E-state index is 6.33. The largest absolute Gasteiger partial charge is 0.337 e. The van der Waals surface area contributed by atoms with Crippen LogP contribution in [0, 0.1) is 0 Å². The molecule has 0 bridgehead atoms. The van der Waals surface area contributed by atoms with Crippen LogP contribution in [0.2, 0.25) is 0 Å². The van der Waals surface area contributed by atoms with Crippen LogP contribution in [0.1, 0.15) is 33.1 Å². The summed E-state index contributed by atoms with van der Waals surface area (Å²) in [5, 5.41) is 6.09. The first-order chi connectivity index (χ1) is 8.75. The SMILES string of the molecule is CCCCN1C=NN(CCC)C1C(Cl)(Cl)C(Cl)(Cl)Cl. The van der Waals surface area contributed by atoms with Crippen LogP contribution < -0.4 is 0 Å². The third-order valence-electron chi connectivity index (χ3n) is 2.87. The monoisotopic (exact) mass is 367 g/mol. The van der Waals surface area contributed by atoms with Gasteiger partial charge >= 0.3 is 0 Å². The van der Waals surface area contributed by atoms with Gasteiger partial charge in [0.1, 0.15) is 6.34 Å². The molecule has 0 amide bonds. The Balaban J connectivity index is 2.93. The van der Waals surface area contributed by atoms with Crippen molar-refractivity contribution < 1.29 is 0 Å². The molecular formula is C11H18Cl5N3. The van der Waals surface area contributed by atoms with Gasteiger partial charge < -0.3 is 4.90 Å². The number of hydrogen-bond acceptors (Lipinski definition) is 3. The minimum atomic E-state index is -1.80. The van der Waals surface area contributed by atoms with Crippen molar-refractivity contribution in [2.24, 2.45) is 5.10 Å². The van der Waals surface area contributed by atoms with Crippen LogP contribution in [-0.4, -0.2) is 43.6 Å². The summed E-state index contributed by atoms with van der Waals surface area (Å²) in [6.07, 6.45) is 4.18. The molecule has 0 saturated heterocycles. The van der Waals surface area contributed by atoms with E-state index in [1.54, 1.807) is 11.3 Å². The van der Waals surface area contributed by atoms with E-state index in [0.717, 1.165) is 25.8 Å². The van der Waals surface area contributed by atoms with Crippen LogP contribution in [0.4, 0.5) is 0 Å². The average molecular weight is 370 g/mol. The molecule has 1 aliphatic heterocycles. The molecule has 0 aromatic rings. The Kier molecular flexibility index (Phi) is 6.67. The molecular weight excluding hydrogens is 351 g/mol. The van der Waals surface area contributed by atoms with Gasteiger partial charge in [-0.25, -0.2) is 0 Å². The molecule has 0 aliphatic carbocycles. The van der Waals surface area contributed by atoms with E-state index >= 15 is 0 Å². The van der Waals surface area contributed by atoms with Crippen LogP contribution in [0.3, 0.4) is 0 Å². The lowest BCUT2D eigenvalue weighted by atomic mass is 10.2. The highest BCUT2D eigenvalue weighted by Crippen LogP contribution is 2.50. The third-order valence-corrected chi connectivity index (χ3v) is 5.30. The molecule has 0 N–H and O–H groups in total. The van der Waals surface area contributed by atoms with Gasteiger partial charge in [0.05, 0.1) is 0 Å². The van der Waals surface area contributed by atoms with Crippen molar-refractivity contribution in [1.29, 1.82) is 0 Å². The Morgan fingerprint density at radius 1 is 1.05 bits per heavy atom. The van der Waals surface area contributed by atoms with E-state index in [-0.39, 0.29) is 0 Å². The zero-order valence-electron chi connectivity index (χ0n) is 10.9. The highest BCUT2D eigenvalue weighted by Gasteiger charge is 2.57. The molecule has 1 unspecified atom stereocenters. The summed E-state index contributed by atoms with van der Waals surface area (Å²) >= 11 is 30.4. The normalized spacial score (nSPS) is 20.5. The van der Waals surface area contributed by atoms with Crippen LogP contribution in [0.5, 0.6) is 0 Å². The fourth-order valence-corrected chi connectivity index (χ4v) is 2.67. The molecule has 112 valence electrons. The standard InChI is InChI=1S/C11H18Cl5N3/c1-3-5-7-18-8-17-19(6-4-2)9(18)10(12,13)11(14,15)16/h8-9H,3-7H2,1-2H3. The Labute approximate surface area is 139 Å². The zero-order chi connectivity index (χ0) is 14.7. The van der Waals surface area contributed by atoms with Gasteiger partial charge in [-0.05, 0) is 12.8 Å². The van der Waals surface area contributed by atoms with Crippen molar-refractivity contribution in [2.45, 2.75) is 47.4 Å². The van der Waals surface area contributed by atoms with Gasteiger partial charge in [0, 0.05) is 13.1 Å². The summed E-state index contributed by atoms with van der Waals surface area (Å²) in [5.74, 6) is 0. The quantitative estimate of drug-likeness (QED) is 0.636. The minimum Gasteiger partial charge on any atom is -0.337 e. The maximum atomic E-state index is 6.33. The molecule has 0 saturated carbocycles. The summed E-state index contributed by atoms with van der Waals surface area (Å²) in [4.78, 5) is 1.93. The predicted molar refractivity (Wildman–Crippen MR) is 85.6 cm³/mol. The Hall–Kier alpha value is 0.720. The second-order valence-electron chi connectivity index (χ2n) is 4.48. The molecule has 19 heavy (non-hydrogen) atoms. The van der Waals surface area contributed by atoms with E-state index in [0.29, 0.717) is 6.54 Å². The fourth-order valence-electron chi connectivity index (χ4n) is 1.90. The van der Waals surface area contributed by atoms with Gasteiger partial charge in [0.25, 0.3) is 0 Å². The van der Waals surface area contributed by atoms with Gasteiger partial charge in [-0.2, -0.15) is 5.10 Å². The molecule has 0 aromatic carbocycles. The number of nitrogens with zero attached hydrogens (tertiary/aromatic N) is 3. The van der Waals surface area contributed by atoms with Crippen molar-refractivity contribution in [2.75, 3.05) is 13.1 Å². The van der Waals surface area contributed by atoms with Crippen LogP contribution in [-0.2, 0) is 0 Å². The van der Waals surface area contributed by atoms with Crippen molar-refractivity contribution in [3.63, 3.8) is 0 Å². The molecule has 0 radical (unpaired) electrons. The molecule has 1 heterocycles. The number of unbranched alkanes of at least 4 members (excludes halogenated alkanes) is 1. The number of rotatable bonds is 6. The summed E-state index contributed by atoms with van der Waals surface area (Å²) in [5.41, 5.74) is 0. The maximum Gasteiger partial charge on any atom is 0.227 e. The van der Waals surface area contributed by atoms with E-state index in [1.807, 2.05) is 11.8 Å². The van der Waals surface area contributed by atoms with Crippen molar-refractivity contribution in [3.8, 4) is 0 Å². The fraction of sp³-hybridized carbons (Fsp3) is 0.909. The van der Waals surface area contributed by atoms with E-state index in [2.05, 4.69) is 12.0 Å². The molecule has 1 rings (SSSR count). The molecule has 1 aliphatic rings. The van der Waals surface area contributed by atoms with E-state index in [9.17, 15) is 0 Å². The van der Waals surface area contributed by atoms with Gasteiger partial charge in [-0.3, -0.25) is 5.01 Å². The highest BCUT2D eigenvalue weighted by molar-refractivity contribution is 6.75. The Bertz CT molecular complexity index is 316. The summed E-state index contributed by atoms with van der Waals surface area (Å²) in [6.45, 7) is 5.62.